The summed E-state index contributed by atoms with van der Waals surface area (Å²) in [4.78, 5) is 13.1. The Kier molecular flexibility index (Phi) is 6.91. The van der Waals surface area contributed by atoms with Gasteiger partial charge in [0, 0.05) is 37.2 Å². The summed E-state index contributed by atoms with van der Waals surface area (Å²) in [6.07, 6.45) is 4.71. The first-order valence-corrected chi connectivity index (χ1v) is 13.3. The van der Waals surface area contributed by atoms with Crippen LogP contribution in [0.25, 0.3) is 21.3 Å². The Morgan fingerprint density at radius 1 is 1.15 bits per heavy atom. The van der Waals surface area contributed by atoms with Crippen molar-refractivity contribution in [3.8, 4) is 11.1 Å². The lowest BCUT2D eigenvalue weighted by Gasteiger charge is -2.13. The van der Waals surface area contributed by atoms with E-state index in [1.165, 1.54) is 23.8 Å². The van der Waals surface area contributed by atoms with E-state index < -0.39 is 21.9 Å². The number of anilines is 1. The maximum atomic E-state index is 13.0. The molecule has 0 bridgehead atoms. The molecule has 3 heterocycles. The fraction of sp³-hybridized carbons (Fsp3) is 0.364. The summed E-state index contributed by atoms with van der Waals surface area (Å²) in [5.41, 5.74) is 1.67. The zero-order valence-electron chi connectivity index (χ0n) is 19.0. The van der Waals surface area contributed by atoms with Gasteiger partial charge in [-0.1, -0.05) is 22.6 Å². The van der Waals surface area contributed by atoms with Crippen LogP contribution in [-0.2, 0) is 21.7 Å². The van der Waals surface area contributed by atoms with E-state index in [1.54, 1.807) is 26.1 Å². The number of sulfone groups is 1. The third-order valence-corrected chi connectivity index (χ3v) is 7.19. The van der Waals surface area contributed by atoms with Crippen molar-refractivity contribution in [1.82, 2.24) is 25.4 Å². The van der Waals surface area contributed by atoms with Gasteiger partial charge in [-0.05, 0) is 37.6 Å². The highest BCUT2D eigenvalue weighted by Gasteiger charge is 2.27. The minimum atomic E-state index is -3.33. The summed E-state index contributed by atoms with van der Waals surface area (Å²) in [7, 11) is -3.33. The molecular formula is C22H25FN6O3S2. The Labute approximate surface area is 200 Å². The fourth-order valence-electron chi connectivity index (χ4n) is 3.07. The van der Waals surface area contributed by atoms with Gasteiger partial charge in [-0.2, -0.15) is 4.98 Å². The molecule has 0 aliphatic rings. The minimum absolute atomic E-state index is 0.186. The van der Waals surface area contributed by atoms with Crippen molar-refractivity contribution in [2.75, 3.05) is 31.5 Å². The van der Waals surface area contributed by atoms with Crippen LogP contribution >= 0.6 is 11.3 Å². The smallest absolute Gasteiger partial charge is 0.234 e. The summed E-state index contributed by atoms with van der Waals surface area (Å²) >= 11 is 1.50. The molecule has 0 aliphatic heterocycles. The van der Waals surface area contributed by atoms with Crippen molar-refractivity contribution in [3.63, 3.8) is 0 Å². The topological polar surface area (TPSA) is 123 Å². The molecule has 0 radical (unpaired) electrons. The molecule has 0 aliphatic carbocycles. The number of halogens is 1. The summed E-state index contributed by atoms with van der Waals surface area (Å²) in [6, 6.07) is 7.40. The monoisotopic (exact) mass is 504 g/mol. The van der Waals surface area contributed by atoms with Crippen LogP contribution in [0.4, 0.5) is 9.52 Å². The Morgan fingerprint density at radius 2 is 1.97 bits per heavy atom. The van der Waals surface area contributed by atoms with E-state index in [2.05, 4.69) is 30.7 Å². The van der Waals surface area contributed by atoms with Crippen LogP contribution in [0.5, 0.6) is 0 Å². The number of nitrogens with zero attached hydrogens (tertiary/aromatic N) is 4. The molecule has 4 aromatic rings. The fourth-order valence-corrected chi connectivity index (χ4v) is 4.57. The summed E-state index contributed by atoms with van der Waals surface area (Å²) in [5, 5.41) is 11.1. The van der Waals surface area contributed by atoms with E-state index in [1.807, 2.05) is 18.2 Å². The summed E-state index contributed by atoms with van der Waals surface area (Å²) in [5.74, 6) is 0.835. The second kappa shape index (κ2) is 9.72. The van der Waals surface area contributed by atoms with E-state index in [4.69, 9.17) is 4.52 Å². The van der Waals surface area contributed by atoms with Crippen LogP contribution in [0.2, 0.25) is 0 Å². The molecule has 3 aromatic heterocycles. The molecular weight excluding hydrogens is 479 g/mol. The van der Waals surface area contributed by atoms with Crippen LogP contribution in [0.1, 0.15) is 25.6 Å². The standard InChI is InChI=1S/C22H25FN6O3S2/c1-22(2,12-23)20-28-19(29-32-20)6-7-24-13-26-21-27-17-5-4-14(9-18(17)33-21)15-8-16(11-25-10-15)34(3,30)31/h4-5,8-11,24H,6-7,12-13H2,1-3H3,(H,26,27). The molecule has 9 nitrogen and oxygen atoms in total. The third-order valence-electron chi connectivity index (χ3n) is 5.13. The molecule has 12 heteroatoms. The summed E-state index contributed by atoms with van der Waals surface area (Å²) < 4.78 is 42.8. The third kappa shape index (κ3) is 5.57. The van der Waals surface area contributed by atoms with Crippen LogP contribution < -0.4 is 10.6 Å². The number of nitrogens with one attached hydrogen (secondary N) is 2. The molecule has 180 valence electrons. The first kappa shape index (κ1) is 24.2. The highest BCUT2D eigenvalue weighted by Crippen LogP contribution is 2.31. The Bertz CT molecular complexity index is 1400. The quantitative estimate of drug-likeness (QED) is 0.246. The molecule has 0 amide bonds. The average molecular weight is 505 g/mol. The largest absolute Gasteiger partial charge is 0.349 e. The maximum absolute atomic E-state index is 13.0. The second-order valence-corrected chi connectivity index (χ2v) is 11.6. The van der Waals surface area contributed by atoms with Gasteiger partial charge in [-0.3, -0.25) is 10.3 Å². The van der Waals surface area contributed by atoms with Crippen molar-refractivity contribution >= 4 is 36.5 Å². The average Bonchev–Trinajstić information content (AvgIpc) is 3.45. The highest BCUT2D eigenvalue weighted by atomic mass is 32.2. The van der Waals surface area contributed by atoms with Gasteiger partial charge in [0.15, 0.2) is 20.8 Å². The first-order valence-electron chi connectivity index (χ1n) is 10.6. The first-order chi connectivity index (χ1) is 16.2. The molecule has 0 atom stereocenters. The normalized spacial score (nSPS) is 12.4. The van der Waals surface area contributed by atoms with E-state index in [-0.39, 0.29) is 4.90 Å². The van der Waals surface area contributed by atoms with Gasteiger partial charge in [0.25, 0.3) is 0 Å². The number of rotatable bonds is 10. The Morgan fingerprint density at radius 3 is 2.74 bits per heavy atom. The predicted molar refractivity (Wildman–Crippen MR) is 129 cm³/mol. The number of hydrogen-bond acceptors (Lipinski definition) is 10. The van der Waals surface area contributed by atoms with E-state index in [9.17, 15) is 12.8 Å². The molecule has 4 rings (SSSR count). The predicted octanol–water partition coefficient (Wildman–Crippen LogP) is 3.59. The van der Waals surface area contributed by atoms with Crippen molar-refractivity contribution < 1.29 is 17.3 Å². The molecule has 2 N–H and O–H groups in total. The molecule has 0 saturated carbocycles. The zero-order chi connectivity index (χ0) is 24.3. The number of fused-ring (bicyclic) bond motifs is 1. The van der Waals surface area contributed by atoms with Crippen LogP contribution in [0.3, 0.4) is 0 Å². The van der Waals surface area contributed by atoms with Gasteiger partial charge in [0.05, 0.1) is 27.2 Å². The van der Waals surface area contributed by atoms with E-state index >= 15 is 0 Å². The van der Waals surface area contributed by atoms with Crippen molar-refractivity contribution in [2.45, 2.75) is 30.6 Å². The van der Waals surface area contributed by atoms with Gasteiger partial charge in [0.1, 0.15) is 6.67 Å². The number of pyridine rings is 1. The zero-order valence-corrected chi connectivity index (χ0v) is 20.6. The van der Waals surface area contributed by atoms with E-state index in [0.717, 1.165) is 26.5 Å². The van der Waals surface area contributed by atoms with Gasteiger partial charge in [-0.15, -0.1) is 0 Å². The number of benzene rings is 1. The molecule has 0 spiro atoms. The molecule has 0 unspecified atom stereocenters. The Hall–Kier alpha value is -2.96. The van der Waals surface area contributed by atoms with Gasteiger partial charge in [0.2, 0.25) is 5.89 Å². The SMILES string of the molecule is CC(C)(CF)c1nc(CCNCNc2nc3ccc(-c4cncc(S(C)(=O)=O)c4)cc3s2)no1. The molecule has 0 fully saturated rings. The van der Waals surface area contributed by atoms with Crippen molar-refractivity contribution in [3.05, 3.63) is 48.4 Å². The van der Waals surface area contributed by atoms with Crippen molar-refractivity contribution in [1.29, 1.82) is 0 Å². The van der Waals surface area contributed by atoms with Crippen LogP contribution in [-0.4, -0.2) is 54.7 Å². The van der Waals surface area contributed by atoms with Crippen LogP contribution in [0, 0.1) is 0 Å². The second-order valence-electron chi connectivity index (χ2n) is 8.52. The number of thiazole rings is 1. The van der Waals surface area contributed by atoms with Crippen molar-refractivity contribution in [2.24, 2.45) is 0 Å². The van der Waals surface area contributed by atoms with Crippen LogP contribution in [0.15, 0.2) is 46.1 Å². The lowest BCUT2D eigenvalue weighted by atomic mass is 9.96. The van der Waals surface area contributed by atoms with Gasteiger partial charge >= 0.3 is 0 Å². The lowest BCUT2D eigenvalue weighted by Crippen LogP contribution is -2.24. The summed E-state index contributed by atoms with van der Waals surface area (Å²) in [6.45, 7) is 3.98. The molecule has 1 aromatic carbocycles. The van der Waals surface area contributed by atoms with Gasteiger partial charge < -0.3 is 9.84 Å². The Balaban J connectivity index is 1.33. The molecule has 34 heavy (non-hydrogen) atoms. The number of hydrogen-bond donors (Lipinski definition) is 2. The highest BCUT2D eigenvalue weighted by molar-refractivity contribution is 7.90. The lowest BCUT2D eigenvalue weighted by molar-refractivity contribution is 0.258. The number of aromatic nitrogens is 4. The maximum Gasteiger partial charge on any atom is 0.234 e. The minimum Gasteiger partial charge on any atom is -0.349 e. The number of alkyl halides is 1. The van der Waals surface area contributed by atoms with E-state index in [0.29, 0.717) is 31.3 Å². The van der Waals surface area contributed by atoms with Gasteiger partial charge in [-0.25, -0.2) is 17.8 Å². The molecule has 0 saturated heterocycles.